The predicted octanol–water partition coefficient (Wildman–Crippen LogP) is 2.39. The van der Waals surface area contributed by atoms with Gasteiger partial charge in [0.15, 0.2) is 5.96 Å². The number of nitrogens with one attached hydrogen (secondary N) is 4. The van der Waals surface area contributed by atoms with Crippen LogP contribution >= 0.6 is 11.8 Å². The number of hydrogen-bond donors (Lipinski definition) is 5. The van der Waals surface area contributed by atoms with Gasteiger partial charge in [-0.25, -0.2) is 13.2 Å². The number of carbonyl (C=O) groups excluding carboxylic acids is 2. The van der Waals surface area contributed by atoms with Crippen LogP contribution in [0.3, 0.4) is 0 Å². The lowest BCUT2D eigenvalue weighted by Crippen LogP contribution is -2.56. The van der Waals surface area contributed by atoms with E-state index in [4.69, 9.17) is 0 Å². The van der Waals surface area contributed by atoms with Crippen LogP contribution in [-0.4, -0.2) is 83.9 Å². The number of thioether (sulfide) groups is 1. The molecule has 0 saturated carbocycles. The van der Waals surface area contributed by atoms with Crippen molar-refractivity contribution in [1.29, 1.82) is 0 Å². The minimum absolute atomic E-state index is 0.0197. The van der Waals surface area contributed by atoms with Gasteiger partial charge in [-0.15, -0.1) is 11.8 Å². The highest BCUT2D eigenvalue weighted by atomic mass is 32.2. The number of amides is 2. The van der Waals surface area contributed by atoms with E-state index in [-0.39, 0.29) is 23.1 Å². The number of aliphatic carboxylic acids is 1. The molecule has 0 unspecified atom stereocenters. The summed E-state index contributed by atoms with van der Waals surface area (Å²) in [6.45, 7) is 6.00. The van der Waals surface area contributed by atoms with Crippen LogP contribution in [0.2, 0.25) is 0 Å². The zero-order valence-corrected chi connectivity index (χ0v) is 26.5. The van der Waals surface area contributed by atoms with Gasteiger partial charge in [-0.1, -0.05) is 30.3 Å². The number of carbonyl (C=O) groups is 3. The molecule has 1 fully saturated rings. The fourth-order valence-corrected chi connectivity index (χ4v) is 8.20. The van der Waals surface area contributed by atoms with Crippen molar-refractivity contribution in [3.05, 3.63) is 60.2 Å². The van der Waals surface area contributed by atoms with E-state index in [9.17, 15) is 27.9 Å². The molecule has 1 saturated heterocycles. The summed E-state index contributed by atoms with van der Waals surface area (Å²) in [7, 11) is -3.99. The molecule has 0 spiro atoms. The van der Waals surface area contributed by atoms with E-state index in [1.807, 2.05) is 0 Å². The van der Waals surface area contributed by atoms with Crippen molar-refractivity contribution in [3.8, 4) is 0 Å². The molecule has 2 aliphatic rings. The lowest BCUT2D eigenvalue weighted by atomic mass is 10.0. The third kappa shape index (κ3) is 8.73. The molecule has 5 N–H and O–H groups in total. The first-order chi connectivity index (χ1) is 21.0. The molecule has 2 aromatic carbocycles. The van der Waals surface area contributed by atoms with Crippen LogP contribution in [0.25, 0.3) is 0 Å². The molecular weight excluding hydrogens is 605 g/mol. The Bertz CT molecular complexity index is 1450. The summed E-state index contributed by atoms with van der Waals surface area (Å²) in [4.78, 5) is 42.4. The molecule has 238 valence electrons. The van der Waals surface area contributed by atoms with Crippen LogP contribution < -0.4 is 21.3 Å². The van der Waals surface area contributed by atoms with Crippen molar-refractivity contribution >= 4 is 51.2 Å². The van der Waals surface area contributed by atoms with Crippen molar-refractivity contribution in [2.75, 3.05) is 30.8 Å². The van der Waals surface area contributed by atoms with Crippen molar-refractivity contribution in [2.45, 2.75) is 67.7 Å². The molecule has 4 rings (SSSR count). The molecule has 2 atom stereocenters. The largest absolute Gasteiger partial charge is 0.480 e. The molecule has 2 amide bonds. The third-order valence-electron chi connectivity index (χ3n) is 7.42. The maximum atomic E-state index is 13.5. The van der Waals surface area contributed by atoms with E-state index in [0.29, 0.717) is 24.1 Å². The van der Waals surface area contributed by atoms with Gasteiger partial charge in [0.25, 0.3) is 0 Å². The lowest BCUT2D eigenvalue weighted by Gasteiger charge is -2.31. The summed E-state index contributed by atoms with van der Waals surface area (Å²) in [6.07, 6.45) is 2.91. The first-order valence-corrected chi connectivity index (χ1v) is 17.0. The highest BCUT2D eigenvalue weighted by Crippen LogP contribution is 2.42. The number of rotatable bonds is 13. The Morgan fingerprint density at radius 3 is 2.50 bits per heavy atom. The highest BCUT2D eigenvalue weighted by Gasteiger charge is 2.51. The van der Waals surface area contributed by atoms with E-state index in [1.165, 1.54) is 23.9 Å². The number of benzene rings is 2. The third-order valence-corrected chi connectivity index (χ3v) is 10.8. The second kappa shape index (κ2) is 14.9. The summed E-state index contributed by atoms with van der Waals surface area (Å²) in [5, 5.41) is 21.8. The van der Waals surface area contributed by atoms with Gasteiger partial charge in [0.2, 0.25) is 21.8 Å². The predicted molar refractivity (Wildman–Crippen MR) is 171 cm³/mol. The van der Waals surface area contributed by atoms with Gasteiger partial charge in [-0.2, -0.15) is 4.31 Å². The fraction of sp³-hybridized carbons (Fsp3) is 0.467. The average molecular weight is 645 g/mol. The van der Waals surface area contributed by atoms with E-state index in [0.717, 1.165) is 42.7 Å². The summed E-state index contributed by atoms with van der Waals surface area (Å²) in [5.74, 6) is -1.15. The number of unbranched alkanes of at least 4 members (excludes halogenated alkanes) is 1. The summed E-state index contributed by atoms with van der Waals surface area (Å²) >= 11 is 1.32. The molecule has 0 aromatic heterocycles. The fourth-order valence-electron chi connectivity index (χ4n) is 5.02. The zero-order chi connectivity index (χ0) is 31.7. The topological polar surface area (TPSA) is 169 Å². The molecule has 2 aromatic rings. The maximum Gasteiger partial charge on any atom is 0.326 e. The van der Waals surface area contributed by atoms with E-state index >= 15 is 0 Å². The highest BCUT2D eigenvalue weighted by molar-refractivity contribution is 8.02. The summed E-state index contributed by atoms with van der Waals surface area (Å²) in [5.41, 5.74) is 1.22. The van der Waals surface area contributed by atoms with Crippen molar-refractivity contribution < 1.29 is 27.9 Å². The molecule has 2 aliphatic heterocycles. The first-order valence-electron chi connectivity index (χ1n) is 14.6. The standard InChI is InChI=1S/C30H40N6O6S2/c1-30(2)26(36(20-43-30)44(41,42)23-9-4-3-5-10-23)27(38)35-24(28(39)40)19-21-12-14-22(15-13-21)34-25(37)11-6-7-16-31-29-32-17-8-18-33-29/h3-5,9-10,12-15,24,26H,6-8,11,16-20H2,1-2H3,(H,34,37)(H,35,38)(H,39,40)(H2,31,32,33)/t24-,26+/m0/s1. The van der Waals surface area contributed by atoms with Crippen LogP contribution in [0.1, 0.15) is 45.1 Å². The molecule has 0 bridgehead atoms. The molecule has 14 heteroatoms. The summed E-state index contributed by atoms with van der Waals surface area (Å²) in [6, 6.07) is 12.2. The lowest BCUT2D eigenvalue weighted by molar-refractivity contribution is -0.142. The van der Waals surface area contributed by atoms with Gasteiger partial charge >= 0.3 is 5.97 Å². The summed E-state index contributed by atoms with van der Waals surface area (Å²) < 4.78 is 27.1. The molecule has 0 aliphatic carbocycles. The Morgan fingerprint density at radius 2 is 1.84 bits per heavy atom. The minimum atomic E-state index is -3.99. The Balaban J connectivity index is 1.30. The number of aliphatic imine (C=N–C) groups is 1. The van der Waals surface area contributed by atoms with Gasteiger partial charge in [0.1, 0.15) is 12.1 Å². The molecule has 0 radical (unpaired) electrons. The second-order valence-electron chi connectivity index (χ2n) is 11.2. The Kier molecular flexibility index (Phi) is 11.3. The number of carboxylic acid groups (broad SMARTS) is 1. The quantitative estimate of drug-likeness (QED) is 0.206. The number of hydrogen-bond acceptors (Lipinski definition) is 9. The number of anilines is 1. The molecular formula is C30H40N6O6S2. The Labute approximate surface area is 262 Å². The van der Waals surface area contributed by atoms with Crippen LogP contribution in [0.4, 0.5) is 5.69 Å². The van der Waals surface area contributed by atoms with Crippen molar-refractivity contribution in [1.82, 2.24) is 20.3 Å². The number of sulfonamides is 1. The second-order valence-corrected chi connectivity index (χ2v) is 14.7. The number of guanidine groups is 1. The van der Waals surface area contributed by atoms with Crippen LogP contribution in [0.15, 0.2) is 64.5 Å². The minimum Gasteiger partial charge on any atom is -0.480 e. The van der Waals surface area contributed by atoms with Crippen LogP contribution in [0.5, 0.6) is 0 Å². The van der Waals surface area contributed by atoms with Gasteiger partial charge in [-0.05, 0) is 62.9 Å². The monoisotopic (exact) mass is 644 g/mol. The molecule has 12 nitrogen and oxygen atoms in total. The van der Waals surface area contributed by atoms with Gasteiger partial charge in [0, 0.05) is 42.9 Å². The Hall–Kier alpha value is -3.62. The van der Waals surface area contributed by atoms with Gasteiger partial charge in [-0.3, -0.25) is 14.6 Å². The number of carboxylic acids is 1. The smallest absolute Gasteiger partial charge is 0.326 e. The SMILES string of the molecule is CC1(C)SCN(S(=O)(=O)c2ccccc2)[C@@H]1C(=O)N[C@@H](Cc1ccc(NC(=O)CCCCNC2=NCCCN2)cc1)C(=O)O. The van der Waals surface area contributed by atoms with E-state index in [2.05, 4.69) is 26.3 Å². The van der Waals surface area contributed by atoms with Crippen LogP contribution in [-0.2, 0) is 30.8 Å². The Morgan fingerprint density at radius 1 is 1.11 bits per heavy atom. The first kappa shape index (κ1) is 33.3. The average Bonchev–Trinajstić information content (AvgIpc) is 3.34. The number of nitrogens with zero attached hydrogens (tertiary/aromatic N) is 2. The molecule has 44 heavy (non-hydrogen) atoms. The van der Waals surface area contributed by atoms with Crippen molar-refractivity contribution in [3.63, 3.8) is 0 Å². The molecule has 2 heterocycles. The zero-order valence-electron chi connectivity index (χ0n) is 24.9. The van der Waals surface area contributed by atoms with Gasteiger partial charge in [0.05, 0.1) is 10.8 Å². The van der Waals surface area contributed by atoms with Crippen LogP contribution in [0, 0.1) is 0 Å². The van der Waals surface area contributed by atoms with E-state index in [1.54, 1.807) is 56.3 Å². The van der Waals surface area contributed by atoms with Crippen molar-refractivity contribution in [2.24, 2.45) is 4.99 Å². The van der Waals surface area contributed by atoms with Gasteiger partial charge < -0.3 is 26.4 Å². The normalized spacial score (nSPS) is 18.9. The maximum absolute atomic E-state index is 13.5. The van der Waals surface area contributed by atoms with E-state index < -0.39 is 38.7 Å².